The van der Waals surface area contributed by atoms with E-state index in [2.05, 4.69) is 15.1 Å². The molecule has 2 aromatic heterocycles. The van der Waals surface area contributed by atoms with Crippen LogP contribution in [0.25, 0.3) is 0 Å². The van der Waals surface area contributed by atoms with E-state index in [1.807, 2.05) is 31.5 Å². The number of aromatic nitrogens is 3. The molecule has 0 saturated carbocycles. The van der Waals surface area contributed by atoms with E-state index in [-0.39, 0.29) is 16.7 Å². The first-order valence-electron chi connectivity index (χ1n) is 8.03. The van der Waals surface area contributed by atoms with Gasteiger partial charge in [-0.3, -0.25) is 9.48 Å². The van der Waals surface area contributed by atoms with E-state index in [1.54, 1.807) is 7.05 Å². The van der Waals surface area contributed by atoms with E-state index in [1.165, 1.54) is 23.9 Å². The second-order valence-electron chi connectivity index (χ2n) is 6.30. The van der Waals surface area contributed by atoms with Gasteiger partial charge in [0.1, 0.15) is 10.6 Å². The van der Waals surface area contributed by atoms with E-state index < -0.39 is 10.0 Å². The third-order valence-electron chi connectivity index (χ3n) is 3.99. The average Bonchev–Trinajstić information content (AvgIpc) is 3.08. The van der Waals surface area contributed by atoms with Gasteiger partial charge in [-0.15, -0.1) is 0 Å². The van der Waals surface area contributed by atoms with Crippen molar-refractivity contribution in [2.45, 2.75) is 32.2 Å². The Morgan fingerprint density at radius 1 is 1.32 bits per heavy atom. The van der Waals surface area contributed by atoms with E-state index in [0.717, 1.165) is 11.4 Å². The second kappa shape index (κ2) is 7.40. The van der Waals surface area contributed by atoms with Gasteiger partial charge in [-0.2, -0.15) is 5.10 Å². The molecule has 1 amide bonds. The van der Waals surface area contributed by atoms with Crippen molar-refractivity contribution >= 4 is 15.9 Å². The number of amides is 1. The molecule has 1 atom stereocenters. The Kier molecular flexibility index (Phi) is 5.69. The molecule has 0 radical (unpaired) electrons. The normalized spacial score (nSPS) is 13.0. The van der Waals surface area contributed by atoms with Crippen LogP contribution in [0.2, 0.25) is 0 Å². The predicted molar refractivity (Wildman–Crippen MR) is 94.9 cm³/mol. The average molecular weight is 367 g/mol. The van der Waals surface area contributed by atoms with Gasteiger partial charge in [-0.05, 0) is 38.9 Å². The largest absolute Gasteiger partial charge is 0.350 e. The molecule has 0 spiro atoms. The summed E-state index contributed by atoms with van der Waals surface area (Å²) < 4.78 is 29.3. The molecule has 1 unspecified atom stereocenters. The van der Waals surface area contributed by atoms with Crippen LogP contribution in [0.5, 0.6) is 0 Å². The highest BCUT2D eigenvalue weighted by Crippen LogP contribution is 2.13. The molecule has 0 aromatic carbocycles. The molecule has 2 N–H and O–H groups in total. The molecule has 0 bridgehead atoms. The van der Waals surface area contributed by atoms with Crippen molar-refractivity contribution in [1.82, 2.24) is 24.4 Å². The minimum Gasteiger partial charge on any atom is -0.350 e. The van der Waals surface area contributed by atoms with Gasteiger partial charge in [-0.25, -0.2) is 13.1 Å². The third-order valence-corrected chi connectivity index (χ3v) is 5.37. The minimum atomic E-state index is -3.57. The summed E-state index contributed by atoms with van der Waals surface area (Å²) in [4.78, 5) is 12.4. The number of hydrogen-bond donors (Lipinski definition) is 2. The Morgan fingerprint density at radius 3 is 2.56 bits per heavy atom. The summed E-state index contributed by atoms with van der Waals surface area (Å²) in [7, 11) is -0.592. The molecule has 0 saturated heterocycles. The van der Waals surface area contributed by atoms with Crippen molar-refractivity contribution in [3.05, 3.63) is 35.4 Å². The van der Waals surface area contributed by atoms with Crippen molar-refractivity contribution in [2.24, 2.45) is 13.0 Å². The lowest BCUT2D eigenvalue weighted by atomic mass is 10.2. The van der Waals surface area contributed by atoms with Crippen molar-refractivity contribution in [3.8, 4) is 0 Å². The molecular formula is C16H25N5O3S. The zero-order valence-corrected chi connectivity index (χ0v) is 16.0. The lowest BCUT2D eigenvalue weighted by molar-refractivity contribution is 0.0938. The lowest BCUT2D eigenvalue weighted by Gasteiger charge is -2.14. The van der Waals surface area contributed by atoms with Crippen LogP contribution in [-0.2, 0) is 23.6 Å². The summed E-state index contributed by atoms with van der Waals surface area (Å²) in [6.45, 7) is 7.14. The van der Waals surface area contributed by atoms with Gasteiger partial charge in [0, 0.05) is 32.0 Å². The zero-order valence-electron chi connectivity index (χ0n) is 15.2. The van der Waals surface area contributed by atoms with Crippen molar-refractivity contribution in [3.63, 3.8) is 0 Å². The van der Waals surface area contributed by atoms with E-state index in [4.69, 9.17) is 0 Å². The summed E-state index contributed by atoms with van der Waals surface area (Å²) in [6, 6.07) is 3.38. The number of carbonyl (C=O) groups is 1. The first kappa shape index (κ1) is 19.2. The topological polar surface area (TPSA) is 98.0 Å². The van der Waals surface area contributed by atoms with Crippen LogP contribution in [-0.4, -0.2) is 42.3 Å². The quantitative estimate of drug-likeness (QED) is 0.757. The van der Waals surface area contributed by atoms with Gasteiger partial charge in [0.2, 0.25) is 10.0 Å². The Bertz CT molecular complexity index is 866. The molecule has 0 aliphatic carbocycles. The van der Waals surface area contributed by atoms with Crippen LogP contribution in [0, 0.1) is 19.8 Å². The van der Waals surface area contributed by atoms with E-state index in [9.17, 15) is 13.2 Å². The molecule has 2 heterocycles. The molecule has 0 fully saturated rings. The maximum absolute atomic E-state index is 12.4. The second-order valence-corrected chi connectivity index (χ2v) is 8.19. The zero-order chi connectivity index (χ0) is 18.8. The first-order chi connectivity index (χ1) is 11.6. The van der Waals surface area contributed by atoms with Gasteiger partial charge >= 0.3 is 0 Å². The van der Waals surface area contributed by atoms with Gasteiger partial charge in [0.15, 0.2) is 0 Å². The molecule has 0 aliphatic heterocycles. The van der Waals surface area contributed by atoms with Crippen LogP contribution in [0.15, 0.2) is 23.2 Å². The predicted octanol–water partition coefficient (Wildman–Crippen LogP) is 0.813. The maximum atomic E-state index is 12.4. The maximum Gasteiger partial charge on any atom is 0.267 e. The summed E-state index contributed by atoms with van der Waals surface area (Å²) in [5.41, 5.74) is 2.35. The third kappa shape index (κ3) is 4.49. The molecule has 8 nitrogen and oxygen atoms in total. The lowest BCUT2D eigenvalue weighted by Crippen LogP contribution is -2.31. The van der Waals surface area contributed by atoms with Crippen molar-refractivity contribution in [1.29, 1.82) is 0 Å². The molecule has 2 rings (SSSR count). The number of hydrogen-bond acceptors (Lipinski definition) is 4. The smallest absolute Gasteiger partial charge is 0.267 e. The number of sulfonamides is 1. The number of carbonyl (C=O) groups excluding carboxylic acids is 1. The highest BCUT2D eigenvalue weighted by molar-refractivity contribution is 7.89. The highest BCUT2D eigenvalue weighted by Gasteiger charge is 2.19. The summed E-state index contributed by atoms with van der Waals surface area (Å²) in [5.74, 6) is -0.122. The van der Waals surface area contributed by atoms with Crippen molar-refractivity contribution < 1.29 is 13.2 Å². The van der Waals surface area contributed by atoms with Crippen LogP contribution in [0.1, 0.15) is 28.8 Å². The number of rotatable bonds is 7. The molecular weight excluding hydrogens is 342 g/mol. The van der Waals surface area contributed by atoms with Crippen LogP contribution in [0.4, 0.5) is 0 Å². The number of nitrogens with one attached hydrogen (secondary N) is 2. The Labute approximate surface area is 148 Å². The fourth-order valence-corrected chi connectivity index (χ4v) is 3.40. The molecule has 2 aromatic rings. The van der Waals surface area contributed by atoms with Crippen LogP contribution in [0.3, 0.4) is 0 Å². The van der Waals surface area contributed by atoms with E-state index in [0.29, 0.717) is 18.8 Å². The van der Waals surface area contributed by atoms with Crippen LogP contribution < -0.4 is 10.0 Å². The first-order valence-corrected chi connectivity index (χ1v) is 9.51. The monoisotopic (exact) mass is 367 g/mol. The fraction of sp³-hybridized carbons (Fsp3) is 0.500. The number of nitrogens with zero attached hydrogens (tertiary/aromatic N) is 3. The highest BCUT2D eigenvalue weighted by atomic mass is 32.2. The van der Waals surface area contributed by atoms with Gasteiger partial charge in [-0.1, -0.05) is 6.92 Å². The molecule has 138 valence electrons. The molecule has 9 heteroatoms. The van der Waals surface area contributed by atoms with Gasteiger partial charge < -0.3 is 9.88 Å². The Morgan fingerprint density at radius 2 is 2.00 bits per heavy atom. The fourth-order valence-electron chi connectivity index (χ4n) is 2.60. The number of aryl methyl sites for hydroxylation is 3. The van der Waals surface area contributed by atoms with Crippen LogP contribution >= 0.6 is 0 Å². The van der Waals surface area contributed by atoms with E-state index >= 15 is 0 Å². The molecule has 0 aliphatic rings. The van der Waals surface area contributed by atoms with Gasteiger partial charge in [0.25, 0.3) is 5.91 Å². The standard InChI is InChI=1S/C16H25N5O3S/c1-11(9-21-13(3)6-12(2)19-21)8-18-16(22)15-7-14(10-20(15)5)25(23,24)17-4/h6-7,10-11,17H,8-9H2,1-5H3,(H,18,22). The summed E-state index contributed by atoms with van der Waals surface area (Å²) in [5, 5.41) is 7.27. The van der Waals surface area contributed by atoms with Gasteiger partial charge in [0.05, 0.1) is 5.69 Å². The Hall–Kier alpha value is -2.13. The minimum absolute atomic E-state index is 0.0679. The van der Waals surface area contributed by atoms with Crippen molar-refractivity contribution in [2.75, 3.05) is 13.6 Å². The SMILES string of the molecule is CNS(=O)(=O)c1cc(C(=O)NCC(C)Cn2nc(C)cc2C)n(C)c1. The summed E-state index contributed by atoms with van der Waals surface area (Å²) in [6.07, 6.45) is 1.42. The summed E-state index contributed by atoms with van der Waals surface area (Å²) >= 11 is 0. The Balaban J connectivity index is 1.99. The molecule has 25 heavy (non-hydrogen) atoms.